The lowest BCUT2D eigenvalue weighted by Crippen LogP contribution is -2.32. The lowest BCUT2D eigenvalue weighted by molar-refractivity contribution is -0.127. The zero-order valence-electron chi connectivity index (χ0n) is 13.3. The quantitative estimate of drug-likeness (QED) is 0.730. The fourth-order valence-electron chi connectivity index (χ4n) is 4.54. The molecule has 2 aliphatic carbocycles. The summed E-state index contributed by atoms with van der Waals surface area (Å²) in [7, 11) is 0. The van der Waals surface area contributed by atoms with E-state index in [1.165, 1.54) is 37.7 Å². The number of carbonyl (C=O) groups excluding carboxylic acids is 1. The minimum absolute atomic E-state index is 0.349. The van der Waals surface area contributed by atoms with Crippen LogP contribution in [0.5, 0.6) is 0 Å². The molecule has 0 N–H and O–H groups in total. The van der Waals surface area contributed by atoms with E-state index in [4.69, 9.17) is 0 Å². The molecule has 0 aromatic heterocycles. The number of hydrogen-bond acceptors (Lipinski definition) is 1. The molecule has 0 spiro atoms. The smallest absolute Gasteiger partial charge is 0.136 e. The van der Waals surface area contributed by atoms with Crippen LogP contribution in [-0.4, -0.2) is 5.78 Å². The second-order valence-electron chi connectivity index (χ2n) is 7.14. The molecule has 0 heterocycles. The van der Waals surface area contributed by atoms with Gasteiger partial charge < -0.3 is 0 Å². The minimum Gasteiger partial charge on any atom is -0.299 e. The molecule has 2 unspecified atom stereocenters. The Morgan fingerprint density at radius 3 is 2.38 bits per heavy atom. The Kier molecular flexibility index (Phi) is 4.77. The van der Waals surface area contributed by atoms with Crippen LogP contribution in [0.25, 0.3) is 0 Å². The van der Waals surface area contributed by atoms with Gasteiger partial charge in [0.2, 0.25) is 0 Å². The van der Waals surface area contributed by atoms with Crippen LogP contribution in [0.4, 0.5) is 0 Å². The number of ketones is 1. The van der Waals surface area contributed by atoms with Crippen molar-refractivity contribution in [1.82, 2.24) is 0 Å². The molecule has 3 rings (SSSR count). The van der Waals surface area contributed by atoms with Gasteiger partial charge in [0.1, 0.15) is 5.78 Å². The van der Waals surface area contributed by atoms with Crippen LogP contribution in [0.3, 0.4) is 0 Å². The fourth-order valence-corrected chi connectivity index (χ4v) is 4.54. The Morgan fingerprint density at radius 2 is 1.71 bits per heavy atom. The van der Waals surface area contributed by atoms with Crippen molar-refractivity contribution in [2.45, 2.75) is 64.2 Å². The largest absolute Gasteiger partial charge is 0.299 e. The van der Waals surface area contributed by atoms with Gasteiger partial charge in [-0.1, -0.05) is 56.5 Å². The average molecular weight is 284 g/mol. The van der Waals surface area contributed by atoms with Crippen LogP contribution >= 0.6 is 0 Å². The molecule has 2 atom stereocenters. The van der Waals surface area contributed by atoms with E-state index in [1.807, 2.05) is 0 Å². The van der Waals surface area contributed by atoms with E-state index in [0.29, 0.717) is 23.5 Å². The van der Waals surface area contributed by atoms with Gasteiger partial charge in [-0.25, -0.2) is 0 Å². The monoisotopic (exact) mass is 284 g/mol. The third kappa shape index (κ3) is 3.39. The third-order valence-electron chi connectivity index (χ3n) is 6.00. The SMILES string of the molecule is CCC1CCC(C2CC(c3ccccc3)CCC2=O)CC1. The Labute approximate surface area is 129 Å². The molecule has 0 bridgehead atoms. The molecule has 2 aliphatic rings. The van der Waals surface area contributed by atoms with Gasteiger partial charge in [0.05, 0.1) is 0 Å². The molecule has 0 aliphatic heterocycles. The first-order valence-corrected chi connectivity index (χ1v) is 8.85. The van der Waals surface area contributed by atoms with E-state index in [0.717, 1.165) is 25.2 Å². The second-order valence-corrected chi connectivity index (χ2v) is 7.14. The van der Waals surface area contributed by atoms with Crippen LogP contribution in [0, 0.1) is 17.8 Å². The van der Waals surface area contributed by atoms with Crippen LogP contribution in [0.1, 0.15) is 69.8 Å². The van der Waals surface area contributed by atoms with Crippen molar-refractivity contribution in [1.29, 1.82) is 0 Å². The van der Waals surface area contributed by atoms with E-state index in [1.54, 1.807) is 0 Å². The molecule has 1 aromatic rings. The number of hydrogen-bond donors (Lipinski definition) is 0. The summed E-state index contributed by atoms with van der Waals surface area (Å²) in [4.78, 5) is 12.4. The molecule has 2 saturated carbocycles. The predicted octanol–water partition coefficient (Wildman–Crippen LogP) is 5.36. The molecule has 0 radical (unpaired) electrons. The predicted molar refractivity (Wildman–Crippen MR) is 87.3 cm³/mol. The van der Waals surface area contributed by atoms with Crippen LogP contribution in [-0.2, 0) is 4.79 Å². The molecular weight excluding hydrogens is 256 g/mol. The fraction of sp³-hybridized carbons (Fsp3) is 0.650. The maximum absolute atomic E-state index is 12.4. The number of rotatable bonds is 3. The first-order valence-electron chi connectivity index (χ1n) is 8.85. The van der Waals surface area contributed by atoms with Crippen molar-refractivity contribution in [2.24, 2.45) is 17.8 Å². The van der Waals surface area contributed by atoms with Gasteiger partial charge in [-0.3, -0.25) is 4.79 Å². The van der Waals surface area contributed by atoms with Gasteiger partial charge in [-0.05, 0) is 49.0 Å². The summed E-state index contributed by atoms with van der Waals surface area (Å²) in [5.41, 5.74) is 1.44. The molecule has 1 heteroatoms. The summed E-state index contributed by atoms with van der Waals surface area (Å²) < 4.78 is 0. The van der Waals surface area contributed by atoms with Gasteiger partial charge in [-0.2, -0.15) is 0 Å². The zero-order chi connectivity index (χ0) is 14.7. The summed E-state index contributed by atoms with van der Waals surface area (Å²) in [5.74, 6) is 3.11. The van der Waals surface area contributed by atoms with E-state index >= 15 is 0 Å². The summed E-state index contributed by atoms with van der Waals surface area (Å²) in [6.07, 6.45) is 9.55. The molecule has 21 heavy (non-hydrogen) atoms. The first kappa shape index (κ1) is 14.8. The molecular formula is C20H28O. The van der Waals surface area contributed by atoms with E-state index in [9.17, 15) is 4.79 Å². The molecule has 0 saturated heterocycles. The van der Waals surface area contributed by atoms with Crippen molar-refractivity contribution in [3.63, 3.8) is 0 Å². The third-order valence-corrected chi connectivity index (χ3v) is 6.00. The Hall–Kier alpha value is -1.11. The summed E-state index contributed by atoms with van der Waals surface area (Å²) in [6, 6.07) is 10.8. The Balaban J connectivity index is 1.65. The summed E-state index contributed by atoms with van der Waals surface area (Å²) in [6.45, 7) is 2.31. The molecule has 1 nitrogen and oxygen atoms in total. The van der Waals surface area contributed by atoms with Crippen molar-refractivity contribution >= 4 is 5.78 Å². The lowest BCUT2D eigenvalue weighted by Gasteiger charge is -2.37. The van der Waals surface area contributed by atoms with Gasteiger partial charge in [0.25, 0.3) is 0 Å². The molecule has 1 aromatic carbocycles. The highest BCUT2D eigenvalue weighted by Gasteiger charge is 2.36. The summed E-state index contributed by atoms with van der Waals surface area (Å²) in [5, 5.41) is 0. The second kappa shape index (κ2) is 6.77. The van der Waals surface area contributed by atoms with E-state index in [-0.39, 0.29) is 0 Å². The highest BCUT2D eigenvalue weighted by Crippen LogP contribution is 2.43. The maximum Gasteiger partial charge on any atom is 0.136 e. The van der Waals surface area contributed by atoms with Crippen molar-refractivity contribution in [3.8, 4) is 0 Å². The standard InChI is InChI=1S/C20H28O/c1-2-15-8-10-17(11-9-15)19-14-18(12-13-20(19)21)16-6-4-3-5-7-16/h3-7,15,17-19H,2,8-14H2,1H3. The molecule has 114 valence electrons. The number of benzene rings is 1. The van der Waals surface area contributed by atoms with Gasteiger partial charge in [-0.15, -0.1) is 0 Å². The minimum atomic E-state index is 0.349. The van der Waals surface area contributed by atoms with Crippen molar-refractivity contribution in [2.75, 3.05) is 0 Å². The Bertz CT molecular complexity index is 456. The zero-order valence-corrected chi connectivity index (χ0v) is 13.3. The molecule has 0 amide bonds. The average Bonchev–Trinajstić information content (AvgIpc) is 2.56. The number of carbonyl (C=O) groups is 1. The maximum atomic E-state index is 12.4. The van der Waals surface area contributed by atoms with Gasteiger partial charge >= 0.3 is 0 Å². The van der Waals surface area contributed by atoms with E-state index in [2.05, 4.69) is 37.3 Å². The van der Waals surface area contributed by atoms with Crippen LogP contribution in [0.15, 0.2) is 30.3 Å². The van der Waals surface area contributed by atoms with Crippen LogP contribution in [0.2, 0.25) is 0 Å². The van der Waals surface area contributed by atoms with Crippen molar-refractivity contribution in [3.05, 3.63) is 35.9 Å². The first-order chi connectivity index (χ1) is 10.3. The Morgan fingerprint density at radius 1 is 1.00 bits per heavy atom. The topological polar surface area (TPSA) is 17.1 Å². The van der Waals surface area contributed by atoms with Gasteiger partial charge in [0.15, 0.2) is 0 Å². The highest BCUT2D eigenvalue weighted by atomic mass is 16.1. The number of Topliss-reactive ketones (excluding diaryl/α,β-unsaturated/α-hetero) is 1. The van der Waals surface area contributed by atoms with Crippen molar-refractivity contribution < 1.29 is 4.79 Å². The molecule has 2 fully saturated rings. The normalized spacial score (nSPS) is 33.9. The lowest BCUT2D eigenvalue weighted by atomic mass is 9.67. The highest BCUT2D eigenvalue weighted by molar-refractivity contribution is 5.82. The van der Waals surface area contributed by atoms with Crippen LogP contribution < -0.4 is 0 Å². The van der Waals surface area contributed by atoms with E-state index < -0.39 is 0 Å². The summed E-state index contributed by atoms with van der Waals surface area (Å²) >= 11 is 0. The van der Waals surface area contributed by atoms with Gasteiger partial charge in [0, 0.05) is 12.3 Å².